The number of anilines is 2. The Morgan fingerprint density at radius 1 is 0.577 bits per heavy atom. The predicted molar refractivity (Wildman–Crippen MR) is 103 cm³/mol. The van der Waals surface area contributed by atoms with Crippen molar-refractivity contribution in [2.45, 2.75) is 10.3 Å². The number of benzene rings is 2. The summed E-state index contributed by atoms with van der Waals surface area (Å²) >= 11 is 0. The van der Waals surface area contributed by atoms with Crippen LogP contribution in [0, 0.1) is 0 Å². The SMILES string of the molecule is Nc1nnc(SSc2nnc(N)n2-c2ccccc2)n1-c1ccccc1. The summed E-state index contributed by atoms with van der Waals surface area (Å²) in [4.78, 5) is 0. The van der Waals surface area contributed by atoms with Gasteiger partial charge in [0.1, 0.15) is 0 Å². The maximum absolute atomic E-state index is 5.98. The molecule has 0 bridgehead atoms. The van der Waals surface area contributed by atoms with Gasteiger partial charge in [-0.2, -0.15) is 0 Å². The van der Waals surface area contributed by atoms with E-state index in [1.54, 1.807) is 9.13 Å². The topological polar surface area (TPSA) is 113 Å². The van der Waals surface area contributed by atoms with Crippen molar-refractivity contribution in [2.24, 2.45) is 0 Å². The monoisotopic (exact) mass is 382 g/mol. The van der Waals surface area contributed by atoms with Gasteiger partial charge in [0.25, 0.3) is 0 Å². The van der Waals surface area contributed by atoms with E-state index >= 15 is 0 Å². The second kappa shape index (κ2) is 7.10. The molecular formula is C16H14N8S2. The average Bonchev–Trinajstić information content (AvgIpc) is 3.23. The zero-order chi connectivity index (χ0) is 17.9. The van der Waals surface area contributed by atoms with Gasteiger partial charge in [-0.25, -0.2) is 0 Å². The van der Waals surface area contributed by atoms with Gasteiger partial charge < -0.3 is 11.5 Å². The van der Waals surface area contributed by atoms with Crippen LogP contribution in [0.4, 0.5) is 11.9 Å². The Morgan fingerprint density at radius 3 is 1.35 bits per heavy atom. The van der Waals surface area contributed by atoms with Crippen LogP contribution >= 0.6 is 21.6 Å². The van der Waals surface area contributed by atoms with Crippen LogP contribution in [0.25, 0.3) is 11.4 Å². The molecule has 0 radical (unpaired) electrons. The van der Waals surface area contributed by atoms with Crippen molar-refractivity contribution in [3.05, 3.63) is 60.7 Å². The maximum Gasteiger partial charge on any atom is 0.227 e. The summed E-state index contributed by atoms with van der Waals surface area (Å²) in [5.41, 5.74) is 13.7. The third-order valence-electron chi connectivity index (χ3n) is 3.54. The zero-order valence-electron chi connectivity index (χ0n) is 13.4. The Morgan fingerprint density at radius 2 is 0.962 bits per heavy atom. The van der Waals surface area contributed by atoms with E-state index in [0.717, 1.165) is 11.4 Å². The van der Waals surface area contributed by atoms with Gasteiger partial charge in [0.2, 0.25) is 22.2 Å². The fourth-order valence-corrected chi connectivity index (χ4v) is 4.32. The highest BCUT2D eigenvalue weighted by Gasteiger charge is 2.17. The van der Waals surface area contributed by atoms with E-state index in [-0.39, 0.29) is 0 Å². The van der Waals surface area contributed by atoms with Crippen molar-refractivity contribution in [3.8, 4) is 11.4 Å². The molecule has 0 aliphatic carbocycles. The van der Waals surface area contributed by atoms with Crippen LogP contribution in [0.3, 0.4) is 0 Å². The number of aromatic nitrogens is 6. The summed E-state index contributed by atoms with van der Waals surface area (Å²) in [5, 5.41) is 17.6. The van der Waals surface area contributed by atoms with E-state index in [2.05, 4.69) is 20.4 Å². The van der Waals surface area contributed by atoms with Crippen LogP contribution in [0.1, 0.15) is 0 Å². The molecule has 0 atom stereocenters. The van der Waals surface area contributed by atoms with Crippen molar-refractivity contribution in [1.82, 2.24) is 29.5 Å². The molecule has 4 N–H and O–H groups in total. The molecule has 0 aliphatic heterocycles. The first kappa shape index (κ1) is 16.5. The molecule has 0 aliphatic rings. The first-order chi connectivity index (χ1) is 12.7. The average molecular weight is 382 g/mol. The largest absolute Gasteiger partial charge is 0.368 e. The molecule has 26 heavy (non-hydrogen) atoms. The number of rotatable bonds is 5. The number of para-hydroxylation sites is 2. The second-order valence-electron chi connectivity index (χ2n) is 5.19. The minimum atomic E-state index is 0.323. The minimum Gasteiger partial charge on any atom is -0.368 e. The molecule has 8 nitrogen and oxygen atoms in total. The summed E-state index contributed by atoms with van der Waals surface area (Å²) in [5.74, 6) is 0.645. The standard InChI is InChI=1S/C16H14N8S2/c17-13-19-21-15(23(13)11-7-3-1-4-8-11)25-26-16-22-20-14(18)24(16)12-9-5-2-6-10-12/h1-10H,(H2,17,19)(H2,18,20). The third kappa shape index (κ3) is 3.11. The van der Waals surface area contributed by atoms with Gasteiger partial charge in [0.05, 0.1) is 11.4 Å². The molecule has 4 rings (SSSR count). The molecule has 0 fully saturated rings. The van der Waals surface area contributed by atoms with Gasteiger partial charge in [0, 0.05) is 0 Å². The van der Waals surface area contributed by atoms with E-state index in [9.17, 15) is 0 Å². The smallest absolute Gasteiger partial charge is 0.227 e. The number of nitrogens with zero attached hydrogens (tertiary/aromatic N) is 6. The predicted octanol–water partition coefficient (Wildman–Crippen LogP) is 2.81. The summed E-state index contributed by atoms with van der Waals surface area (Å²) in [6, 6.07) is 19.4. The molecule has 2 aromatic carbocycles. The molecule has 0 unspecified atom stereocenters. The van der Waals surface area contributed by atoms with E-state index in [4.69, 9.17) is 11.5 Å². The highest BCUT2D eigenvalue weighted by atomic mass is 33.1. The van der Waals surface area contributed by atoms with Crippen molar-refractivity contribution in [3.63, 3.8) is 0 Å². The lowest BCUT2D eigenvalue weighted by Gasteiger charge is -2.08. The van der Waals surface area contributed by atoms with Gasteiger partial charge >= 0.3 is 0 Å². The Balaban J connectivity index is 1.62. The highest BCUT2D eigenvalue weighted by molar-refractivity contribution is 8.76. The molecule has 2 heterocycles. The number of nitrogens with two attached hydrogens (primary N) is 2. The molecule has 0 saturated heterocycles. The molecule has 2 aromatic heterocycles. The Bertz CT molecular complexity index is 930. The Kier molecular flexibility index (Phi) is 4.50. The van der Waals surface area contributed by atoms with Crippen LogP contribution in [-0.4, -0.2) is 29.5 Å². The van der Waals surface area contributed by atoms with Crippen LogP contribution in [0.15, 0.2) is 71.0 Å². The van der Waals surface area contributed by atoms with Crippen LogP contribution in [0.5, 0.6) is 0 Å². The second-order valence-corrected chi connectivity index (χ2v) is 7.25. The quantitative estimate of drug-likeness (QED) is 0.507. The number of nitrogen functional groups attached to an aromatic ring is 2. The van der Waals surface area contributed by atoms with Gasteiger partial charge in [-0.05, 0) is 45.9 Å². The van der Waals surface area contributed by atoms with E-state index < -0.39 is 0 Å². The van der Waals surface area contributed by atoms with Crippen molar-refractivity contribution in [2.75, 3.05) is 11.5 Å². The van der Waals surface area contributed by atoms with Crippen LogP contribution in [-0.2, 0) is 0 Å². The van der Waals surface area contributed by atoms with Gasteiger partial charge in [0.15, 0.2) is 0 Å². The first-order valence-corrected chi connectivity index (χ1v) is 9.76. The lowest BCUT2D eigenvalue weighted by Crippen LogP contribution is -2.02. The molecule has 10 heteroatoms. The highest BCUT2D eigenvalue weighted by Crippen LogP contribution is 2.38. The zero-order valence-corrected chi connectivity index (χ0v) is 15.1. The lowest BCUT2D eigenvalue weighted by molar-refractivity contribution is 0.886. The summed E-state index contributed by atoms with van der Waals surface area (Å²) in [6.07, 6.45) is 0. The summed E-state index contributed by atoms with van der Waals surface area (Å²) < 4.78 is 3.56. The fourth-order valence-electron chi connectivity index (χ4n) is 2.38. The summed E-state index contributed by atoms with van der Waals surface area (Å²) in [6.45, 7) is 0. The molecule has 0 saturated carbocycles. The van der Waals surface area contributed by atoms with Crippen molar-refractivity contribution < 1.29 is 0 Å². The van der Waals surface area contributed by atoms with E-state index in [0.29, 0.717) is 22.2 Å². The Labute approximate surface area is 157 Å². The lowest BCUT2D eigenvalue weighted by atomic mass is 10.3. The maximum atomic E-state index is 5.98. The number of hydrogen-bond donors (Lipinski definition) is 2. The van der Waals surface area contributed by atoms with E-state index in [1.807, 2.05) is 60.7 Å². The number of hydrogen-bond acceptors (Lipinski definition) is 8. The Hall–Kier alpha value is -2.98. The van der Waals surface area contributed by atoms with Crippen molar-refractivity contribution >= 4 is 33.5 Å². The summed E-state index contributed by atoms with van der Waals surface area (Å²) in [7, 11) is 2.77. The van der Waals surface area contributed by atoms with Gasteiger partial charge in [-0.3, -0.25) is 9.13 Å². The van der Waals surface area contributed by atoms with Crippen LogP contribution < -0.4 is 11.5 Å². The van der Waals surface area contributed by atoms with E-state index in [1.165, 1.54) is 21.6 Å². The molecular weight excluding hydrogens is 368 g/mol. The van der Waals surface area contributed by atoms with Crippen molar-refractivity contribution in [1.29, 1.82) is 0 Å². The third-order valence-corrected chi connectivity index (χ3v) is 5.59. The molecule has 0 spiro atoms. The fraction of sp³-hybridized carbons (Fsp3) is 0. The minimum absolute atomic E-state index is 0.323. The first-order valence-electron chi connectivity index (χ1n) is 7.61. The molecule has 4 aromatic rings. The molecule has 0 amide bonds. The van der Waals surface area contributed by atoms with Gasteiger partial charge in [-0.15, -0.1) is 20.4 Å². The molecule has 130 valence electrons. The van der Waals surface area contributed by atoms with Crippen LogP contribution in [0.2, 0.25) is 0 Å². The van der Waals surface area contributed by atoms with Gasteiger partial charge in [-0.1, -0.05) is 36.4 Å². The normalized spacial score (nSPS) is 10.9.